The lowest BCUT2D eigenvalue weighted by atomic mass is 9.94. The molecule has 0 saturated carbocycles. The third-order valence-electron chi connectivity index (χ3n) is 3.88. The first-order valence-corrected chi connectivity index (χ1v) is 6.79. The summed E-state index contributed by atoms with van der Waals surface area (Å²) in [5.41, 5.74) is 0. The standard InChI is InChI=1S/C13H24N2O2/c1-17-10-11-4-3-7-15(9-11)13(16)12-5-2-6-14-8-12/h11-12,14H,2-10H2,1H3/t11-,12+/m0/s1. The number of piperidine rings is 2. The van der Waals surface area contributed by atoms with E-state index in [9.17, 15) is 4.79 Å². The summed E-state index contributed by atoms with van der Waals surface area (Å²) < 4.78 is 5.20. The molecule has 2 saturated heterocycles. The van der Waals surface area contributed by atoms with Gasteiger partial charge in [-0.25, -0.2) is 0 Å². The number of ether oxygens (including phenoxy) is 1. The van der Waals surface area contributed by atoms with E-state index in [1.54, 1.807) is 7.11 Å². The summed E-state index contributed by atoms with van der Waals surface area (Å²) in [6, 6.07) is 0. The van der Waals surface area contributed by atoms with Gasteiger partial charge in [-0.3, -0.25) is 4.79 Å². The molecular formula is C13H24N2O2. The van der Waals surface area contributed by atoms with E-state index >= 15 is 0 Å². The lowest BCUT2D eigenvalue weighted by Crippen LogP contribution is -2.47. The van der Waals surface area contributed by atoms with Gasteiger partial charge in [-0.1, -0.05) is 0 Å². The summed E-state index contributed by atoms with van der Waals surface area (Å²) in [4.78, 5) is 14.4. The number of likely N-dealkylation sites (tertiary alicyclic amines) is 1. The predicted octanol–water partition coefficient (Wildman–Crippen LogP) is 0.871. The van der Waals surface area contributed by atoms with Crippen molar-refractivity contribution in [2.75, 3.05) is 39.9 Å². The number of amides is 1. The Balaban J connectivity index is 1.85. The fourth-order valence-electron chi connectivity index (χ4n) is 2.96. The van der Waals surface area contributed by atoms with E-state index in [1.807, 2.05) is 0 Å². The molecule has 1 amide bonds. The molecule has 1 N–H and O–H groups in total. The minimum Gasteiger partial charge on any atom is -0.384 e. The molecule has 2 aliphatic heterocycles. The number of hydrogen-bond acceptors (Lipinski definition) is 3. The lowest BCUT2D eigenvalue weighted by molar-refractivity contribution is -0.138. The van der Waals surface area contributed by atoms with Gasteiger partial charge in [-0.05, 0) is 38.1 Å². The van der Waals surface area contributed by atoms with Crippen molar-refractivity contribution >= 4 is 5.91 Å². The van der Waals surface area contributed by atoms with Crippen molar-refractivity contribution in [1.29, 1.82) is 0 Å². The van der Waals surface area contributed by atoms with Crippen molar-refractivity contribution in [1.82, 2.24) is 10.2 Å². The van der Waals surface area contributed by atoms with Crippen molar-refractivity contribution < 1.29 is 9.53 Å². The van der Waals surface area contributed by atoms with Crippen LogP contribution in [0.1, 0.15) is 25.7 Å². The monoisotopic (exact) mass is 240 g/mol. The van der Waals surface area contributed by atoms with Gasteiger partial charge >= 0.3 is 0 Å². The molecule has 0 radical (unpaired) electrons. The molecule has 0 aromatic carbocycles. The number of carbonyl (C=O) groups excluding carboxylic acids is 1. The predicted molar refractivity (Wildman–Crippen MR) is 66.8 cm³/mol. The van der Waals surface area contributed by atoms with Crippen LogP contribution in [-0.4, -0.2) is 50.7 Å². The van der Waals surface area contributed by atoms with Gasteiger partial charge in [0.05, 0.1) is 12.5 Å². The molecule has 4 nitrogen and oxygen atoms in total. The lowest BCUT2D eigenvalue weighted by Gasteiger charge is -2.35. The van der Waals surface area contributed by atoms with E-state index in [0.717, 1.165) is 52.0 Å². The first kappa shape index (κ1) is 12.8. The smallest absolute Gasteiger partial charge is 0.226 e. The van der Waals surface area contributed by atoms with Crippen molar-refractivity contribution in [3.8, 4) is 0 Å². The maximum atomic E-state index is 12.3. The summed E-state index contributed by atoms with van der Waals surface area (Å²) in [6.45, 7) is 4.55. The third kappa shape index (κ3) is 3.42. The van der Waals surface area contributed by atoms with E-state index in [0.29, 0.717) is 11.8 Å². The van der Waals surface area contributed by atoms with E-state index in [-0.39, 0.29) is 5.92 Å². The topological polar surface area (TPSA) is 41.6 Å². The molecule has 2 rings (SSSR count). The van der Waals surface area contributed by atoms with Gasteiger partial charge in [0, 0.05) is 26.7 Å². The molecule has 2 heterocycles. The first-order valence-electron chi connectivity index (χ1n) is 6.79. The van der Waals surface area contributed by atoms with Gasteiger partial charge in [0.15, 0.2) is 0 Å². The first-order chi connectivity index (χ1) is 8.31. The second kappa shape index (κ2) is 6.36. The van der Waals surface area contributed by atoms with Crippen LogP contribution in [0.25, 0.3) is 0 Å². The SMILES string of the molecule is COC[C@H]1CCCN(C(=O)[C@@H]2CCCNC2)C1. The number of rotatable bonds is 3. The van der Waals surface area contributed by atoms with Crippen LogP contribution < -0.4 is 5.32 Å². The quantitative estimate of drug-likeness (QED) is 0.796. The number of carbonyl (C=O) groups is 1. The van der Waals surface area contributed by atoms with Crippen LogP contribution in [-0.2, 0) is 9.53 Å². The second-order valence-electron chi connectivity index (χ2n) is 5.29. The highest BCUT2D eigenvalue weighted by Gasteiger charge is 2.29. The summed E-state index contributed by atoms with van der Waals surface area (Å²) in [5, 5.41) is 3.32. The van der Waals surface area contributed by atoms with Gasteiger partial charge in [-0.15, -0.1) is 0 Å². The van der Waals surface area contributed by atoms with Crippen LogP contribution in [0.2, 0.25) is 0 Å². The molecular weight excluding hydrogens is 216 g/mol. The van der Waals surface area contributed by atoms with Crippen molar-refractivity contribution in [3.63, 3.8) is 0 Å². The second-order valence-corrected chi connectivity index (χ2v) is 5.29. The molecule has 0 bridgehead atoms. The zero-order valence-corrected chi connectivity index (χ0v) is 10.8. The number of hydrogen-bond donors (Lipinski definition) is 1. The maximum Gasteiger partial charge on any atom is 0.226 e. The van der Waals surface area contributed by atoms with Crippen molar-refractivity contribution in [2.45, 2.75) is 25.7 Å². The van der Waals surface area contributed by atoms with E-state index in [1.165, 1.54) is 6.42 Å². The molecule has 0 aromatic heterocycles. The van der Waals surface area contributed by atoms with E-state index in [4.69, 9.17) is 4.74 Å². The Labute approximate surface area is 104 Å². The van der Waals surface area contributed by atoms with Crippen LogP contribution in [0.3, 0.4) is 0 Å². The average Bonchev–Trinajstić information content (AvgIpc) is 2.40. The van der Waals surface area contributed by atoms with Gasteiger partial charge in [0.1, 0.15) is 0 Å². The highest BCUT2D eigenvalue weighted by molar-refractivity contribution is 5.79. The largest absolute Gasteiger partial charge is 0.384 e. The van der Waals surface area contributed by atoms with Gasteiger partial charge in [-0.2, -0.15) is 0 Å². The third-order valence-corrected chi connectivity index (χ3v) is 3.88. The van der Waals surface area contributed by atoms with Crippen molar-refractivity contribution in [3.05, 3.63) is 0 Å². The Morgan fingerprint density at radius 2 is 2.29 bits per heavy atom. The Bertz CT molecular complexity index is 250. The van der Waals surface area contributed by atoms with Gasteiger partial charge < -0.3 is 15.0 Å². The average molecular weight is 240 g/mol. The maximum absolute atomic E-state index is 12.3. The highest BCUT2D eigenvalue weighted by Crippen LogP contribution is 2.20. The fourth-order valence-corrected chi connectivity index (χ4v) is 2.96. The molecule has 4 heteroatoms. The summed E-state index contributed by atoms with van der Waals surface area (Å²) in [7, 11) is 1.74. The fraction of sp³-hybridized carbons (Fsp3) is 0.923. The van der Waals surface area contributed by atoms with Crippen molar-refractivity contribution in [2.24, 2.45) is 11.8 Å². The normalized spacial score (nSPS) is 30.3. The van der Waals surface area contributed by atoms with Crippen LogP contribution in [0.5, 0.6) is 0 Å². The summed E-state index contributed by atoms with van der Waals surface area (Å²) >= 11 is 0. The number of nitrogens with zero attached hydrogens (tertiary/aromatic N) is 1. The minimum atomic E-state index is 0.213. The molecule has 17 heavy (non-hydrogen) atoms. The van der Waals surface area contributed by atoms with Crippen LogP contribution >= 0.6 is 0 Å². The van der Waals surface area contributed by atoms with E-state index < -0.39 is 0 Å². The number of nitrogens with one attached hydrogen (secondary N) is 1. The zero-order chi connectivity index (χ0) is 12.1. The summed E-state index contributed by atoms with van der Waals surface area (Å²) in [5.74, 6) is 1.11. The Kier molecular flexibility index (Phi) is 4.80. The molecule has 0 spiro atoms. The Morgan fingerprint density at radius 3 is 3.00 bits per heavy atom. The molecule has 2 atom stereocenters. The van der Waals surface area contributed by atoms with Crippen LogP contribution in [0.15, 0.2) is 0 Å². The molecule has 2 aliphatic rings. The van der Waals surface area contributed by atoms with Crippen LogP contribution in [0, 0.1) is 11.8 Å². The molecule has 0 unspecified atom stereocenters. The molecule has 2 fully saturated rings. The number of methoxy groups -OCH3 is 1. The molecule has 0 aromatic rings. The van der Waals surface area contributed by atoms with Gasteiger partial charge in [0.2, 0.25) is 5.91 Å². The van der Waals surface area contributed by atoms with E-state index in [2.05, 4.69) is 10.2 Å². The zero-order valence-electron chi connectivity index (χ0n) is 10.8. The molecule has 0 aliphatic carbocycles. The summed E-state index contributed by atoms with van der Waals surface area (Å²) in [6.07, 6.45) is 4.50. The molecule has 98 valence electrons. The van der Waals surface area contributed by atoms with Gasteiger partial charge in [0.25, 0.3) is 0 Å². The Hall–Kier alpha value is -0.610. The Morgan fingerprint density at radius 1 is 1.41 bits per heavy atom. The van der Waals surface area contributed by atoms with Crippen LogP contribution in [0.4, 0.5) is 0 Å². The highest BCUT2D eigenvalue weighted by atomic mass is 16.5. The minimum absolute atomic E-state index is 0.213.